The molecule has 0 spiro atoms. The summed E-state index contributed by atoms with van der Waals surface area (Å²) in [5.74, 6) is -0.826. The zero-order chi connectivity index (χ0) is 20.4. The summed E-state index contributed by atoms with van der Waals surface area (Å²) in [4.78, 5) is 12.7. The first-order valence-electron chi connectivity index (χ1n) is 9.49. The second-order valence-corrected chi connectivity index (χ2v) is 9.12. The minimum atomic E-state index is -3.68. The number of anilines is 1. The molecule has 0 aliphatic carbocycles. The van der Waals surface area contributed by atoms with E-state index >= 15 is 0 Å². The van der Waals surface area contributed by atoms with Crippen molar-refractivity contribution in [2.45, 2.75) is 17.7 Å². The second-order valence-electron chi connectivity index (χ2n) is 7.18. The highest BCUT2D eigenvalue weighted by molar-refractivity contribution is 7.89. The Labute approximate surface area is 169 Å². The highest BCUT2D eigenvalue weighted by Crippen LogP contribution is 2.26. The van der Waals surface area contributed by atoms with Crippen molar-refractivity contribution in [1.82, 2.24) is 4.31 Å². The predicted molar refractivity (Wildman–Crippen MR) is 110 cm³/mol. The Morgan fingerprint density at radius 2 is 1.59 bits per heavy atom. The van der Waals surface area contributed by atoms with Gasteiger partial charge in [0, 0.05) is 24.7 Å². The third-order valence-electron chi connectivity index (χ3n) is 5.29. The molecule has 0 saturated carbocycles. The van der Waals surface area contributed by atoms with Crippen molar-refractivity contribution in [3.8, 4) is 0 Å². The molecule has 4 rings (SSSR count). The quantitative estimate of drug-likeness (QED) is 0.704. The second kappa shape index (κ2) is 7.93. The molecule has 0 radical (unpaired) electrons. The van der Waals surface area contributed by atoms with Crippen LogP contribution in [0.1, 0.15) is 12.8 Å². The summed E-state index contributed by atoms with van der Waals surface area (Å²) in [5.41, 5.74) is 0.732. The number of hydrogen-bond acceptors (Lipinski definition) is 3. The van der Waals surface area contributed by atoms with Gasteiger partial charge in [-0.2, -0.15) is 4.31 Å². The Balaban J connectivity index is 1.39. The number of rotatable bonds is 4. The van der Waals surface area contributed by atoms with E-state index in [1.54, 1.807) is 0 Å². The van der Waals surface area contributed by atoms with Crippen molar-refractivity contribution < 1.29 is 17.6 Å². The van der Waals surface area contributed by atoms with Crippen molar-refractivity contribution in [2.24, 2.45) is 5.92 Å². The van der Waals surface area contributed by atoms with Crippen molar-refractivity contribution in [3.05, 3.63) is 72.5 Å². The maximum atomic E-state index is 13.1. The lowest BCUT2D eigenvalue weighted by atomic mass is 9.97. The van der Waals surface area contributed by atoms with Gasteiger partial charge in [0.1, 0.15) is 5.82 Å². The molecule has 1 fully saturated rings. The zero-order valence-corrected chi connectivity index (χ0v) is 16.5. The normalized spacial score (nSPS) is 16.0. The molecule has 1 amide bonds. The molecule has 0 unspecified atom stereocenters. The lowest BCUT2D eigenvalue weighted by Gasteiger charge is -2.30. The van der Waals surface area contributed by atoms with Gasteiger partial charge in [0.2, 0.25) is 15.9 Å². The van der Waals surface area contributed by atoms with E-state index in [1.807, 2.05) is 42.5 Å². The molecule has 7 heteroatoms. The summed E-state index contributed by atoms with van der Waals surface area (Å²) in [7, 11) is -3.68. The van der Waals surface area contributed by atoms with Crippen LogP contribution in [0.4, 0.5) is 10.1 Å². The fraction of sp³-hybridized carbons (Fsp3) is 0.227. The lowest BCUT2D eigenvalue weighted by molar-refractivity contribution is -0.120. The number of amides is 1. The molecule has 1 heterocycles. The number of halogens is 1. The van der Waals surface area contributed by atoms with Gasteiger partial charge in [0.25, 0.3) is 0 Å². The van der Waals surface area contributed by atoms with E-state index in [9.17, 15) is 17.6 Å². The van der Waals surface area contributed by atoms with Gasteiger partial charge in [-0.05, 0) is 60.0 Å². The van der Waals surface area contributed by atoms with Gasteiger partial charge in [0.15, 0.2) is 0 Å². The van der Waals surface area contributed by atoms with E-state index in [0.29, 0.717) is 12.8 Å². The summed E-state index contributed by atoms with van der Waals surface area (Å²) in [6, 6.07) is 18.5. The number of sulfonamides is 1. The van der Waals surface area contributed by atoms with Crippen LogP contribution in [0.25, 0.3) is 10.8 Å². The van der Waals surface area contributed by atoms with Crippen LogP contribution in [0, 0.1) is 11.7 Å². The maximum absolute atomic E-state index is 13.1. The van der Waals surface area contributed by atoms with Crippen LogP contribution in [0.5, 0.6) is 0 Å². The van der Waals surface area contributed by atoms with Crippen LogP contribution >= 0.6 is 0 Å². The number of carbonyl (C=O) groups is 1. The molecule has 3 aromatic carbocycles. The molecular weight excluding hydrogens is 391 g/mol. The fourth-order valence-electron chi connectivity index (χ4n) is 3.63. The number of benzene rings is 3. The molecule has 5 nitrogen and oxygen atoms in total. The lowest BCUT2D eigenvalue weighted by Crippen LogP contribution is -2.41. The largest absolute Gasteiger partial charge is 0.326 e. The number of piperidine rings is 1. The van der Waals surface area contributed by atoms with Crippen molar-refractivity contribution >= 4 is 32.4 Å². The minimum Gasteiger partial charge on any atom is -0.326 e. The average Bonchev–Trinajstić information content (AvgIpc) is 2.74. The zero-order valence-electron chi connectivity index (χ0n) is 15.7. The van der Waals surface area contributed by atoms with E-state index < -0.39 is 15.8 Å². The van der Waals surface area contributed by atoms with E-state index in [0.717, 1.165) is 28.6 Å². The summed E-state index contributed by atoms with van der Waals surface area (Å²) in [6.45, 7) is 0.519. The Morgan fingerprint density at radius 3 is 2.28 bits per heavy atom. The van der Waals surface area contributed by atoms with Crippen molar-refractivity contribution in [2.75, 3.05) is 18.4 Å². The summed E-state index contributed by atoms with van der Waals surface area (Å²) < 4.78 is 39.8. The average molecular weight is 412 g/mol. The molecular formula is C22H21FN2O3S. The molecule has 150 valence electrons. The van der Waals surface area contributed by atoms with Gasteiger partial charge in [0.05, 0.1) is 4.90 Å². The molecule has 1 saturated heterocycles. The van der Waals surface area contributed by atoms with E-state index in [-0.39, 0.29) is 29.8 Å². The molecule has 0 aromatic heterocycles. The standard InChI is InChI=1S/C22H21FN2O3S/c23-19-6-9-21(10-7-19)29(27,28)25-13-11-17(12-14-25)22(26)24-20-8-5-16-3-1-2-4-18(16)15-20/h1-10,15,17H,11-14H2,(H,24,26). The predicted octanol–water partition coefficient (Wildman–Crippen LogP) is 4.02. The molecule has 0 atom stereocenters. The topological polar surface area (TPSA) is 66.5 Å². The Bertz CT molecular complexity index is 1140. The molecule has 3 aromatic rings. The molecule has 1 aliphatic rings. The maximum Gasteiger partial charge on any atom is 0.243 e. The number of nitrogens with one attached hydrogen (secondary N) is 1. The minimum absolute atomic E-state index is 0.0676. The first-order valence-corrected chi connectivity index (χ1v) is 10.9. The summed E-state index contributed by atoms with van der Waals surface area (Å²) in [6.07, 6.45) is 0.889. The van der Waals surface area contributed by atoms with Gasteiger partial charge in [-0.25, -0.2) is 12.8 Å². The van der Waals surface area contributed by atoms with E-state index in [4.69, 9.17) is 0 Å². The third-order valence-corrected chi connectivity index (χ3v) is 7.21. The molecule has 0 bridgehead atoms. The van der Waals surface area contributed by atoms with Crippen molar-refractivity contribution in [3.63, 3.8) is 0 Å². The SMILES string of the molecule is O=C(Nc1ccc2ccccc2c1)C1CCN(S(=O)(=O)c2ccc(F)cc2)CC1. The molecule has 29 heavy (non-hydrogen) atoms. The molecule has 1 aliphatic heterocycles. The number of hydrogen-bond donors (Lipinski definition) is 1. The monoisotopic (exact) mass is 412 g/mol. The van der Waals surface area contributed by atoms with Crippen LogP contribution in [-0.4, -0.2) is 31.7 Å². The number of carbonyl (C=O) groups excluding carboxylic acids is 1. The Morgan fingerprint density at radius 1 is 0.931 bits per heavy atom. The van der Waals surface area contributed by atoms with Gasteiger partial charge in [-0.1, -0.05) is 30.3 Å². The van der Waals surface area contributed by atoms with Gasteiger partial charge < -0.3 is 5.32 Å². The fourth-order valence-corrected chi connectivity index (χ4v) is 5.10. The van der Waals surface area contributed by atoms with Crippen LogP contribution in [0.3, 0.4) is 0 Å². The third kappa shape index (κ3) is 4.16. The Hall–Kier alpha value is -2.77. The van der Waals surface area contributed by atoms with Crippen molar-refractivity contribution in [1.29, 1.82) is 0 Å². The summed E-state index contributed by atoms with van der Waals surface area (Å²) >= 11 is 0. The molecule has 1 N–H and O–H groups in total. The van der Waals surface area contributed by atoms with Gasteiger partial charge in [-0.3, -0.25) is 4.79 Å². The highest BCUT2D eigenvalue weighted by atomic mass is 32.2. The highest BCUT2D eigenvalue weighted by Gasteiger charge is 2.32. The van der Waals surface area contributed by atoms with Crippen LogP contribution in [0.2, 0.25) is 0 Å². The Kier molecular flexibility index (Phi) is 5.34. The van der Waals surface area contributed by atoms with E-state index in [1.165, 1.54) is 16.4 Å². The van der Waals surface area contributed by atoms with E-state index in [2.05, 4.69) is 5.32 Å². The van der Waals surface area contributed by atoms with Gasteiger partial charge >= 0.3 is 0 Å². The van der Waals surface area contributed by atoms with Crippen LogP contribution < -0.4 is 5.32 Å². The van der Waals surface area contributed by atoms with Crippen LogP contribution in [-0.2, 0) is 14.8 Å². The van der Waals surface area contributed by atoms with Crippen LogP contribution in [0.15, 0.2) is 71.6 Å². The number of nitrogens with zero attached hydrogens (tertiary/aromatic N) is 1. The summed E-state index contributed by atoms with van der Waals surface area (Å²) in [5, 5.41) is 5.10. The number of fused-ring (bicyclic) bond motifs is 1. The van der Waals surface area contributed by atoms with Gasteiger partial charge in [-0.15, -0.1) is 0 Å². The first-order chi connectivity index (χ1) is 13.9. The first kappa shape index (κ1) is 19.5. The smallest absolute Gasteiger partial charge is 0.243 e.